The van der Waals surface area contributed by atoms with Crippen molar-refractivity contribution in [2.75, 3.05) is 0 Å². The van der Waals surface area contributed by atoms with Gasteiger partial charge < -0.3 is 0 Å². The summed E-state index contributed by atoms with van der Waals surface area (Å²) in [5.41, 5.74) is 6.24. The Labute approximate surface area is 110 Å². The predicted octanol–water partition coefficient (Wildman–Crippen LogP) is 5.10. The van der Waals surface area contributed by atoms with Crippen molar-refractivity contribution in [3.8, 4) is 0 Å². The van der Waals surface area contributed by atoms with Crippen LogP contribution in [-0.2, 0) is 6.42 Å². The first-order valence-electron chi connectivity index (χ1n) is 7.04. The van der Waals surface area contributed by atoms with E-state index in [0.29, 0.717) is 5.92 Å². The molecule has 0 aromatic heterocycles. The van der Waals surface area contributed by atoms with E-state index in [1.807, 2.05) is 0 Å². The third-order valence-electron chi connectivity index (χ3n) is 4.65. The van der Waals surface area contributed by atoms with Crippen LogP contribution in [0.1, 0.15) is 47.4 Å². The maximum absolute atomic E-state index is 4.16. The Morgan fingerprint density at radius 2 is 1.78 bits per heavy atom. The highest BCUT2D eigenvalue weighted by Gasteiger charge is 2.24. The molecule has 1 unspecified atom stereocenters. The van der Waals surface area contributed by atoms with E-state index >= 15 is 0 Å². The Kier molecular flexibility index (Phi) is 2.89. The molecule has 1 radical (unpaired) electrons. The number of hydrogen-bond acceptors (Lipinski definition) is 0. The van der Waals surface area contributed by atoms with E-state index < -0.39 is 0 Å². The van der Waals surface area contributed by atoms with E-state index in [4.69, 9.17) is 0 Å². The van der Waals surface area contributed by atoms with E-state index in [9.17, 15) is 0 Å². The van der Waals surface area contributed by atoms with Gasteiger partial charge in [-0.2, -0.15) is 0 Å². The van der Waals surface area contributed by atoms with Crippen LogP contribution in [0.5, 0.6) is 0 Å². The molecular formula is C18H21. The van der Waals surface area contributed by atoms with Crippen LogP contribution in [0.4, 0.5) is 0 Å². The number of hydrogen-bond donors (Lipinski definition) is 0. The van der Waals surface area contributed by atoms with E-state index in [0.717, 1.165) is 6.42 Å². The van der Waals surface area contributed by atoms with Crippen LogP contribution in [0.2, 0.25) is 0 Å². The summed E-state index contributed by atoms with van der Waals surface area (Å²) in [6, 6.07) is 8.85. The van der Waals surface area contributed by atoms with Gasteiger partial charge >= 0.3 is 0 Å². The predicted molar refractivity (Wildman–Crippen MR) is 79.1 cm³/mol. The normalized spacial score (nSPS) is 18.9. The van der Waals surface area contributed by atoms with Gasteiger partial charge in [0.05, 0.1) is 0 Å². The minimum atomic E-state index is 0.678. The van der Waals surface area contributed by atoms with E-state index in [1.165, 1.54) is 41.2 Å². The van der Waals surface area contributed by atoms with Crippen LogP contribution in [0.3, 0.4) is 0 Å². The SMILES string of the molecule is [CH2]CC1CCCc2c1c(C)c1ccccc1c2C. The van der Waals surface area contributed by atoms with Gasteiger partial charge in [-0.3, -0.25) is 0 Å². The fourth-order valence-electron chi connectivity index (χ4n) is 3.71. The lowest BCUT2D eigenvalue weighted by atomic mass is 9.75. The fourth-order valence-corrected chi connectivity index (χ4v) is 3.71. The van der Waals surface area contributed by atoms with Crippen molar-refractivity contribution in [2.24, 2.45) is 0 Å². The molecule has 3 rings (SSSR count). The van der Waals surface area contributed by atoms with Gasteiger partial charge in [-0.15, -0.1) is 0 Å². The van der Waals surface area contributed by atoms with Gasteiger partial charge in [0.15, 0.2) is 0 Å². The van der Waals surface area contributed by atoms with E-state index in [1.54, 1.807) is 11.1 Å². The van der Waals surface area contributed by atoms with E-state index in [2.05, 4.69) is 45.0 Å². The minimum Gasteiger partial charge on any atom is -0.0616 e. The van der Waals surface area contributed by atoms with Crippen molar-refractivity contribution in [1.82, 2.24) is 0 Å². The quantitative estimate of drug-likeness (QED) is 0.647. The first-order chi connectivity index (χ1) is 8.74. The molecule has 0 aliphatic heterocycles. The van der Waals surface area contributed by atoms with Gasteiger partial charge in [-0.25, -0.2) is 0 Å². The fraction of sp³-hybridized carbons (Fsp3) is 0.389. The second-order valence-corrected chi connectivity index (χ2v) is 5.57. The van der Waals surface area contributed by atoms with Gasteiger partial charge in [0.25, 0.3) is 0 Å². The molecule has 2 aromatic carbocycles. The first-order valence-corrected chi connectivity index (χ1v) is 7.04. The smallest absolute Gasteiger partial charge is 0.0149 e. The molecule has 1 aliphatic rings. The van der Waals surface area contributed by atoms with Crippen LogP contribution >= 0.6 is 0 Å². The number of rotatable bonds is 1. The van der Waals surface area contributed by atoms with Crippen molar-refractivity contribution in [3.05, 3.63) is 53.4 Å². The van der Waals surface area contributed by atoms with Gasteiger partial charge in [-0.1, -0.05) is 31.2 Å². The summed E-state index contributed by atoms with van der Waals surface area (Å²) in [7, 11) is 0. The van der Waals surface area contributed by atoms with Crippen LogP contribution in [0, 0.1) is 20.8 Å². The highest BCUT2D eigenvalue weighted by molar-refractivity contribution is 5.91. The number of fused-ring (bicyclic) bond motifs is 2. The topological polar surface area (TPSA) is 0 Å². The molecule has 0 spiro atoms. The third kappa shape index (κ3) is 1.59. The molecule has 2 aromatic rings. The summed E-state index contributed by atoms with van der Waals surface area (Å²) < 4.78 is 0. The molecule has 0 heterocycles. The molecule has 0 heteroatoms. The lowest BCUT2D eigenvalue weighted by Crippen LogP contribution is -2.13. The van der Waals surface area contributed by atoms with Crippen molar-refractivity contribution >= 4 is 10.8 Å². The average molecular weight is 237 g/mol. The second kappa shape index (κ2) is 4.42. The maximum atomic E-state index is 4.16. The van der Waals surface area contributed by atoms with Crippen molar-refractivity contribution in [3.63, 3.8) is 0 Å². The molecule has 0 bridgehead atoms. The lowest BCUT2D eigenvalue weighted by Gasteiger charge is -2.29. The van der Waals surface area contributed by atoms with Gasteiger partial charge in [0.1, 0.15) is 0 Å². The molecule has 18 heavy (non-hydrogen) atoms. The molecule has 0 N–H and O–H groups in total. The molecule has 1 atom stereocenters. The number of aryl methyl sites for hydroxylation is 2. The van der Waals surface area contributed by atoms with Gasteiger partial charge in [0.2, 0.25) is 0 Å². The molecule has 0 saturated carbocycles. The number of benzene rings is 2. The third-order valence-corrected chi connectivity index (χ3v) is 4.65. The van der Waals surface area contributed by atoms with E-state index in [-0.39, 0.29) is 0 Å². The highest BCUT2D eigenvalue weighted by atomic mass is 14.3. The van der Waals surface area contributed by atoms with Crippen molar-refractivity contribution in [2.45, 2.75) is 45.4 Å². The average Bonchev–Trinajstić information content (AvgIpc) is 2.44. The Bertz CT molecular complexity index is 593. The molecule has 0 amide bonds. The second-order valence-electron chi connectivity index (χ2n) is 5.57. The minimum absolute atomic E-state index is 0.678. The maximum Gasteiger partial charge on any atom is -0.0149 e. The molecule has 1 aliphatic carbocycles. The molecule has 93 valence electrons. The van der Waals surface area contributed by atoms with Crippen molar-refractivity contribution in [1.29, 1.82) is 0 Å². The largest absolute Gasteiger partial charge is 0.0616 e. The van der Waals surface area contributed by atoms with Crippen molar-refractivity contribution < 1.29 is 0 Å². The summed E-state index contributed by atoms with van der Waals surface area (Å²) in [6.07, 6.45) is 4.93. The molecule has 0 saturated heterocycles. The summed E-state index contributed by atoms with van der Waals surface area (Å²) >= 11 is 0. The molecule has 0 fully saturated rings. The monoisotopic (exact) mass is 237 g/mol. The Balaban J connectivity index is 2.39. The van der Waals surface area contributed by atoms with Crippen LogP contribution in [-0.4, -0.2) is 0 Å². The van der Waals surface area contributed by atoms with Gasteiger partial charge in [-0.05, 0) is 78.5 Å². The molecular weight excluding hydrogens is 216 g/mol. The van der Waals surface area contributed by atoms with Gasteiger partial charge in [0, 0.05) is 0 Å². The summed E-state index contributed by atoms with van der Waals surface area (Å²) in [5.74, 6) is 0.678. The highest BCUT2D eigenvalue weighted by Crippen LogP contribution is 2.41. The summed E-state index contributed by atoms with van der Waals surface area (Å²) in [4.78, 5) is 0. The Morgan fingerprint density at radius 1 is 1.11 bits per heavy atom. The lowest BCUT2D eigenvalue weighted by molar-refractivity contribution is 0.553. The zero-order valence-corrected chi connectivity index (χ0v) is 11.4. The summed E-state index contributed by atoms with van der Waals surface area (Å²) in [6.45, 7) is 8.76. The zero-order chi connectivity index (χ0) is 12.7. The Hall–Kier alpha value is -1.30. The van der Waals surface area contributed by atoms with Crippen LogP contribution in [0.15, 0.2) is 24.3 Å². The first kappa shape index (κ1) is 11.8. The summed E-state index contributed by atoms with van der Waals surface area (Å²) in [5, 5.41) is 2.88. The van der Waals surface area contributed by atoms with Crippen LogP contribution < -0.4 is 0 Å². The van der Waals surface area contributed by atoms with Crippen LogP contribution in [0.25, 0.3) is 10.8 Å². The molecule has 0 nitrogen and oxygen atoms in total. The Morgan fingerprint density at radius 3 is 2.44 bits per heavy atom. The zero-order valence-electron chi connectivity index (χ0n) is 11.4. The standard InChI is InChI=1S/C18H21/c1-4-14-8-7-11-17-12(2)15-9-5-6-10-16(15)13(3)18(14)17/h5-6,9-10,14H,1,4,7-8,11H2,2-3H3.